The summed E-state index contributed by atoms with van der Waals surface area (Å²) in [5.41, 5.74) is 1.07. The molecule has 0 nitrogen and oxygen atoms in total. The zero-order chi connectivity index (χ0) is 8.69. The van der Waals surface area contributed by atoms with Gasteiger partial charge >= 0.3 is 23.1 Å². The number of hydrogen-bond donors (Lipinski definition) is 0. The van der Waals surface area contributed by atoms with Crippen molar-refractivity contribution in [2.75, 3.05) is 0 Å². The van der Waals surface area contributed by atoms with Crippen molar-refractivity contribution in [3.8, 4) is 0 Å². The Morgan fingerprint density at radius 2 is 1.31 bits per heavy atom. The van der Waals surface area contributed by atoms with Gasteiger partial charge in [-0.25, -0.2) is 0 Å². The average molecular weight is 209 g/mol. The molecule has 0 bridgehead atoms. The second-order valence-corrected chi connectivity index (χ2v) is 2.99. The Kier molecular flexibility index (Phi) is 17.6. The van der Waals surface area contributed by atoms with Gasteiger partial charge in [0.2, 0.25) is 0 Å². The van der Waals surface area contributed by atoms with Crippen molar-refractivity contribution in [3.05, 3.63) is 48.7 Å². The summed E-state index contributed by atoms with van der Waals surface area (Å²) < 4.78 is 0. The maximum absolute atomic E-state index is 3.72. The van der Waals surface area contributed by atoms with Gasteiger partial charge in [0.05, 0.1) is 0 Å². The van der Waals surface area contributed by atoms with E-state index in [1.165, 1.54) is 5.92 Å². The molecule has 0 aliphatic carbocycles. The first-order valence-corrected chi connectivity index (χ1v) is 3.76. The summed E-state index contributed by atoms with van der Waals surface area (Å²) in [6.07, 6.45) is 0. The number of benzene rings is 1. The van der Waals surface area contributed by atoms with Gasteiger partial charge in [-0.05, 0) is 0 Å². The summed E-state index contributed by atoms with van der Waals surface area (Å²) in [6.45, 7) is 9.97. The topological polar surface area (TPSA) is 0 Å². The summed E-state index contributed by atoms with van der Waals surface area (Å²) in [7, 11) is 0. The third kappa shape index (κ3) is 18.8. The molecular formula is C11H17ClMg. The Hall–Kier alpha value is 0.146. The van der Waals surface area contributed by atoms with Crippen LogP contribution in [0.3, 0.4) is 0 Å². The largest absolute Gasteiger partial charge is 2.00 e. The second-order valence-electron chi connectivity index (χ2n) is 2.99. The van der Waals surface area contributed by atoms with Gasteiger partial charge in [0.1, 0.15) is 0 Å². The maximum Gasteiger partial charge on any atom is 2.00 e. The SMILES string of the molecule is C[C-](C)C.Cl.[CH2-]c1ccccc1.[Mg+2]. The van der Waals surface area contributed by atoms with E-state index in [4.69, 9.17) is 0 Å². The van der Waals surface area contributed by atoms with Crippen LogP contribution < -0.4 is 0 Å². The molecule has 1 rings (SSSR count). The predicted octanol–water partition coefficient (Wildman–Crippen LogP) is 3.53. The van der Waals surface area contributed by atoms with Gasteiger partial charge in [0.15, 0.2) is 0 Å². The summed E-state index contributed by atoms with van der Waals surface area (Å²) in [4.78, 5) is 0. The number of hydrogen-bond acceptors (Lipinski definition) is 0. The molecule has 13 heavy (non-hydrogen) atoms. The van der Waals surface area contributed by atoms with Crippen LogP contribution in [0.1, 0.15) is 26.3 Å². The molecule has 0 atom stereocenters. The minimum Gasteiger partial charge on any atom is -0.323 e. The number of rotatable bonds is 0. The van der Waals surface area contributed by atoms with Crippen molar-refractivity contribution < 1.29 is 0 Å². The monoisotopic (exact) mass is 208 g/mol. The van der Waals surface area contributed by atoms with Gasteiger partial charge in [-0.3, -0.25) is 0 Å². The average Bonchev–Trinajstić information content (AvgIpc) is 1.87. The first-order valence-electron chi connectivity index (χ1n) is 3.76. The summed E-state index contributed by atoms with van der Waals surface area (Å²) in [6, 6.07) is 9.87. The second kappa shape index (κ2) is 12.1. The van der Waals surface area contributed by atoms with E-state index in [0.29, 0.717) is 0 Å². The molecule has 0 aromatic heterocycles. The molecule has 0 aliphatic rings. The van der Waals surface area contributed by atoms with Gasteiger partial charge in [-0.15, -0.1) is 24.5 Å². The number of halogens is 1. The van der Waals surface area contributed by atoms with Crippen molar-refractivity contribution in [2.24, 2.45) is 0 Å². The molecular weight excluding hydrogens is 192 g/mol. The zero-order valence-electron chi connectivity index (χ0n) is 8.71. The molecule has 1 aromatic carbocycles. The Morgan fingerprint density at radius 1 is 1.00 bits per heavy atom. The summed E-state index contributed by atoms with van der Waals surface area (Å²) >= 11 is 0. The van der Waals surface area contributed by atoms with E-state index in [1.54, 1.807) is 0 Å². The fourth-order valence-corrected chi connectivity index (χ4v) is 0.478. The Morgan fingerprint density at radius 3 is 1.46 bits per heavy atom. The third-order valence-corrected chi connectivity index (χ3v) is 0.843. The van der Waals surface area contributed by atoms with Crippen LogP contribution in [0.5, 0.6) is 0 Å². The quantitative estimate of drug-likeness (QED) is 0.452. The molecule has 0 heterocycles. The molecule has 0 saturated carbocycles. The first-order chi connectivity index (χ1) is 5.13. The molecule has 0 radical (unpaired) electrons. The van der Waals surface area contributed by atoms with E-state index in [1.807, 2.05) is 30.3 Å². The van der Waals surface area contributed by atoms with Crippen LogP contribution in [-0.2, 0) is 0 Å². The summed E-state index contributed by atoms with van der Waals surface area (Å²) in [5.74, 6) is 1.42. The van der Waals surface area contributed by atoms with E-state index in [9.17, 15) is 0 Å². The first kappa shape index (κ1) is 18.8. The maximum atomic E-state index is 3.72. The van der Waals surface area contributed by atoms with Crippen LogP contribution in [0.15, 0.2) is 30.3 Å². The van der Waals surface area contributed by atoms with Crippen LogP contribution in [0.25, 0.3) is 0 Å². The molecule has 0 aliphatic heterocycles. The van der Waals surface area contributed by atoms with Gasteiger partial charge in [0, 0.05) is 0 Å². The molecule has 0 fully saturated rings. The van der Waals surface area contributed by atoms with Crippen molar-refractivity contribution in [1.82, 2.24) is 0 Å². The van der Waals surface area contributed by atoms with Crippen LogP contribution >= 0.6 is 12.4 Å². The van der Waals surface area contributed by atoms with Crippen molar-refractivity contribution in [3.63, 3.8) is 0 Å². The van der Waals surface area contributed by atoms with Crippen LogP contribution in [0.4, 0.5) is 0 Å². The zero-order valence-corrected chi connectivity index (χ0v) is 10.9. The van der Waals surface area contributed by atoms with Crippen LogP contribution in [-0.4, -0.2) is 23.1 Å². The van der Waals surface area contributed by atoms with E-state index < -0.39 is 0 Å². The van der Waals surface area contributed by atoms with E-state index in [-0.39, 0.29) is 35.5 Å². The molecule has 0 N–H and O–H groups in total. The minimum atomic E-state index is 0. The Labute approximate surface area is 105 Å². The molecule has 0 spiro atoms. The van der Waals surface area contributed by atoms with Gasteiger partial charge in [-0.2, -0.15) is 45.4 Å². The molecule has 70 valence electrons. The fourth-order valence-electron chi connectivity index (χ4n) is 0.478. The Balaban J connectivity index is -0.000000150. The molecule has 0 saturated heterocycles. The Bertz CT molecular complexity index is 170. The smallest absolute Gasteiger partial charge is 0.323 e. The van der Waals surface area contributed by atoms with Crippen LogP contribution in [0, 0.1) is 12.8 Å². The molecule has 1 aromatic rings. The van der Waals surface area contributed by atoms with E-state index in [0.717, 1.165) is 5.56 Å². The standard InChI is InChI=1S/C7H7.C4H9.ClH.Mg/c1-7-5-3-2-4-6-7;1-4(2)3;;/h2-6H,1H2;1-3H3;1H;/q2*-1;;+2. The van der Waals surface area contributed by atoms with Crippen molar-refractivity contribution in [1.29, 1.82) is 0 Å². The molecule has 0 unspecified atom stereocenters. The fraction of sp³-hybridized carbons (Fsp3) is 0.273. The van der Waals surface area contributed by atoms with Crippen molar-refractivity contribution in [2.45, 2.75) is 20.8 Å². The normalized spacial score (nSPS) is 7.38. The van der Waals surface area contributed by atoms with E-state index >= 15 is 0 Å². The molecule has 0 amide bonds. The predicted molar refractivity (Wildman–Crippen MR) is 64.2 cm³/mol. The minimum absolute atomic E-state index is 0. The van der Waals surface area contributed by atoms with Crippen LogP contribution in [0.2, 0.25) is 0 Å². The third-order valence-electron chi connectivity index (χ3n) is 0.843. The van der Waals surface area contributed by atoms with Crippen molar-refractivity contribution >= 4 is 35.5 Å². The van der Waals surface area contributed by atoms with Gasteiger partial charge in [0.25, 0.3) is 0 Å². The van der Waals surface area contributed by atoms with Gasteiger partial charge < -0.3 is 5.92 Å². The van der Waals surface area contributed by atoms with Gasteiger partial charge in [-0.1, -0.05) is 6.07 Å². The molecule has 2 heteroatoms. The summed E-state index contributed by atoms with van der Waals surface area (Å²) in [5, 5.41) is 0. The van der Waals surface area contributed by atoms with E-state index in [2.05, 4.69) is 27.7 Å².